The Morgan fingerprint density at radius 2 is 1.63 bits per heavy atom. The van der Waals surface area contributed by atoms with Crippen LogP contribution in [0.25, 0.3) is 5.57 Å². The van der Waals surface area contributed by atoms with Gasteiger partial charge in [-0.15, -0.1) is 0 Å². The van der Waals surface area contributed by atoms with E-state index in [0.717, 1.165) is 13.2 Å². The Bertz CT molecular complexity index is 900. The number of aryl methyl sites for hydroxylation is 1. The van der Waals surface area contributed by atoms with Gasteiger partial charge in [-0.3, -0.25) is 4.90 Å². The van der Waals surface area contributed by atoms with Crippen LogP contribution in [-0.2, 0) is 4.74 Å². The minimum atomic E-state index is 0.486. The van der Waals surface area contributed by atoms with E-state index >= 15 is 0 Å². The van der Waals surface area contributed by atoms with Gasteiger partial charge in [-0.2, -0.15) is 0 Å². The fraction of sp³-hybridized carbons (Fsp3) is 0.500. The van der Waals surface area contributed by atoms with Gasteiger partial charge in [0, 0.05) is 31.7 Å². The summed E-state index contributed by atoms with van der Waals surface area (Å²) in [6.07, 6.45) is 5.49. The van der Waals surface area contributed by atoms with Crippen LogP contribution in [0.1, 0.15) is 67.7 Å². The van der Waals surface area contributed by atoms with Crippen molar-refractivity contribution in [1.82, 2.24) is 4.90 Å². The lowest BCUT2D eigenvalue weighted by molar-refractivity contribution is -0.0548. The van der Waals surface area contributed by atoms with Crippen molar-refractivity contribution in [2.24, 2.45) is 5.41 Å². The van der Waals surface area contributed by atoms with E-state index in [1.54, 1.807) is 5.57 Å². The molecule has 30 heavy (non-hydrogen) atoms. The van der Waals surface area contributed by atoms with Crippen LogP contribution >= 0.6 is 0 Å². The van der Waals surface area contributed by atoms with E-state index in [-0.39, 0.29) is 0 Å². The minimum absolute atomic E-state index is 0.486. The first-order valence-electron chi connectivity index (χ1n) is 11.7. The molecule has 2 aliphatic heterocycles. The third-order valence-corrected chi connectivity index (χ3v) is 7.34. The quantitative estimate of drug-likeness (QED) is 0.592. The second kappa shape index (κ2) is 7.98. The van der Waals surface area contributed by atoms with Crippen LogP contribution in [0, 0.1) is 12.3 Å². The first-order valence-corrected chi connectivity index (χ1v) is 11.7. The number of hydrogen-bond donors (Lipinski definition) is 0. The van der Waals surface area contributed by atoms with Crippen molar-refractivity contribution in [1.29, 1.82) is 0 Å². The number of benzene rings is 2. The molecule has 1 saturated carbocycles. The third-order valence-electron chi connectivity index (χ3n) is 7.34. The predicted octanol–water partition coefficient (Wildman–Crippen LogP) is 6.20. The molecule has 1 unspecified atom stereocenters. The van der Waals surface area contributed by atoms with Gasteiger partial charge in [0.2, 0.25) is 0 Å². The zero-order chi connectivity index (χ0) is 20.7. The molecule has 2 heteroatoms. The van der Waals surface area contributed by atoms with Crippen LogP contribution in [-0.4, -0.2) is 37.2 Å². The van der Waals surface area contributed by atoms with Crippen molar-refractivity contribution in [3.63, 3.8) is 0 Å². The van der Waals surface area contributed by atoms with Gasteiger partial charge in [0.15, 0.2) is 0 Å². The van der Waals surface area contributed by atoms with E-state index in [0.29, 0.717) is 17.4 Å². The lowest BCUT2D eigenvalue weighted by atomic mass is 9.59. The average Bonchev–Trinajstić information content (AvgIpc) is 3.19. The summed E-state index contributed by atoms with van der Waals surface area (Å²) in [5.74, 6) is 0.575. The molecule has 2 saturated heterocycles. The number of rotatable bonds is 5. The number of ether oxygens (including phenoxy) is 1. The molecule has 2 nitrogen and oxygen atoms in total. The molecule has 2 heterocycles. The van der Waals surface area contributed by atoms with Gasteiger partial charge in [-0.25, -0.2) is 0 Å². The highest BCUT2D eigenvalue weighted by molar-refractivity contribution is 5.83. The molecule has 3 aliphatic rings. The van der Waals surface area contributed by atoms with Crippen LogP contribution in [0.2, 0.25) is 0 Å². The fourth-order valence-electron chi connectivity index (χ4n) is 5.69. The van der Waals surface area contributed by atoms with Gasteiger partial charge < -0.3 is 4.74 Å². The van der Waals surface area contributed by atoms with E-state index < -0.39 is 0 Å². The van der Waals surface area contributed by atoms with Crippen molar-refractivity contribution < 1.29 is 4.74 Å². The van der Waals surface area contributed by atoms with Crippen LogP contribution in [0.4, 0.5) is 0 Å². The van der Waals surface area contributed by atoms with Crippen LogP contribution < -0.4 is 0 Å². The topological polar surface area (TPSA) is 12.5 Å². The van der Waals surface area contributed by atoms with Gasteiger partial charge in [0.1, 0.15) is 0 Å². The van der Waals surface area contributed by atoms with Crippen LogP contribution in [0.3, 0.4) is 0 Å². The standard InChI is InChI=1S/C28H35NO/c1-20(2)22-10-12-24(13-11-22)27(23-8-6-21(3)7-9-23)25-15-28(16-25)18-29(19-28)17-26-5-4-14-30-26/h6-13,20,26H,4-5,14-19H2,1-3H3. The molecular formula is C28H35NO. The van der Waals surface area contributed by atoms with Crippen molar-refractivity contribution >= 4 is 5.57 Å². The normalized spacial score (nSPS) is 22.9. The Hall–Kier alpha value is -1.90. The predicted molar refractivity (Wildman–Crippen MR) is 125 cm³/mol. The molecule has 0 amide bonds. The molecule has 0 bridgehead atoms. The largest absolute Gasteiger partial charge is 0.377 e. The maximum absolute atomic E-state index is 5.84. The molecule has 3 fully saturated rings. The second-order valence-electron chi connectivity index (χ2n) is 10.3. The lowest BCUT2D eigenvalue weighted by Gasteiger charge is -2.58. The Morgan fingerprint density at radius 3 is 2.20 bits per heavy atom. The van der Waals surface area contributed by atoms with Gasteiger partial charge >= 0.3 is 0 Å². The second-order valence-corrected chi connectivity index (χ2v) is 10.3. The number of nitrogens with zero attached hydrogens (tertiary/aromatic N) is 1. The first kappa shape index (κ1) is 20.0. The number of hydrogen-bond acceptors (Lipinski definition) is 2. The summed E-state index contributed by atoms with van der Waals surface area (Å²) in [5, 5.41) is 0. The van der Waals surface area contributed by atoms with E-state index in [2.05, 4.69) is 74.2 Å². The fourth-order valence-corrected chi connectivity index (χ4v) is 5.69. The van der Waals surface area contributed by atoms with Crippen molar-refractivity contribution in [2.45, 2.75) is 58.5 Å². The molecule has 5 rings (SSSR count). The van der Waals surface area contributed by atoms with E-state index in [1.165, 1.54) is 66.6 Å². The van der Waals surface area contributed by atoms with Gasteiger partial charge in [-0.05, 0) is 60.8 Å². The SMILES string of the molecule is Cc1ccc(C(=C2CC3(C2)CN(CC2CCCO2)C3)c2ccc(C(C)C)cc2)cc1. The summed E-state index contributed by atoms with van der Waals surface area (Å²) < 4.78 is 5.84. The zero-order valence-electron chi connectivity index (χ0n) is 18.8. The minimum Gasteiger partial charge on any atom is -0.377 e. The van der Waals surface area contributed by atoms with Crippen LogP contribution in [0.5, 0.6) is 0 Å². The van der Waals surface area contributed by atoms with Crippen LogP contribution in [0.15, 0.2) is 54.1 Å². The van der Waals surface area contributed by atoms with E-state index in [9.17, 15) is 0 Å². The zero-order valence-corrected chi connectivity index (χ0v) is 18.8. The van der Waals surface area contributed by atoms with E-state index in [4.69, 9.17) is 4.74 Å². The summed E-state index contributed by atoms with van der Waals surface area (Å²) in [4.78, 5) is 2.62. The molecule has 158 valence electrons. The van der Waals surface area contributed by atoms with E-state index in [1.807, 2.05) is 0 Å². The van der Waals surface area contributed by atoms with Gasteiger partial charge in [0.25, 0.3) is 0 Å². The first-order chi connectivity index (χ1) is 14.5. The highest BCUT2D eigenvalue weighted by Crippen LogP contribution is 2.54. The summed E-state index contributed by atoms with van der Waals surface area (Å²) in [5.41, 5.74) is 9.15. The Kier molecular flexibility index (Phi) is 5.33. The molecule has 2 aromatic carbocycles. The third kappa shape index (κ3) is 3.88. The average molecular weight is 402 g/mol. The molecule has 2 aromatic rings. The summed E-state index contributed by atoms with van der Waals surface area (Å²) in [6, 6.07) is 18.4. The maximum Gasteiger partial charge on any atom is 0.0702 e. The Balaban J connectivity index is 1.35. The molecule has 1 spiro atoms. The summed E-state index contributed by atoms with van der Waals surface area (Å²) in [6.45, 7) is 11.3. The highest BCUT2D eigenvalue weighted by Gasteiger charge is 2.50. The molecular weight excluding hydrogens is 366 g/mol. The van der Waals surface area contributed by atoms with Gasteiger partial charge in [0.05, 0.1) is 6.10 Å². The monoisotopic (exact) mass is 401 g/mol. The van der Waals surface area contributed by atoms with Crippen molar-refractivity contribution in [2.75, 3.05) is 26.2 Å². The Morgan fingerprint density at radius 1 is 1.00 bits per heavy atom. The Labute approximate surface area is 181 Å². The number of likely N-dealkylation sites (tertiary alicyclic amines) is 1. The van der Waals surface area contributed by atoms with Gasteiger partial charge in [-0.1, -0.05) is 73.5 Å². The molecule has 0 radical (unpaired) electrons. The highest BCUT2D eigenvalue weighted by atomic mass is 16.5. The molecule has 1 aliphatic carbocycles. The summed E-state index contributed by atoms with van der Waals surface area (Å²) >= 11 is 0. The van der Waals surface area contributed by atoms with Crippen molar-refractivity contribution in [3.8, 4) is 0 Å². The summed E-state index contributed by atoms with van der Waals surface area (Å²) in [7, 11) is 0. The molecule has 1 atom stereocenters. The lowest BCUT2D eigenvalue weighted by Crippen LogP contribution is -2.61. The molecule has 0 N–H and O–H groups in total. The van der Waals surface area contributed by atoms with Crippen molar-refractivity contribution in [3.05, 3.63) is 76.4 Å². The maximum atomic E-state index is 5.84. The number of allylic oxidation sites excluding steroid dienone is 1. The molecule has 0 aromatic heterocycles. The smallest absolute Gasteiger partial charge is 0.0702 e.